The van der Waals surface area contributed by atoms with Crippen LogP contribution < -0.4 is 10.2 Å². The minimum absolute atomic E-state index is 0.0104. The van der Waals surface area contributed by atoms with Crippen LogP contribution in [0.15, 0.2) is 52.1 Å². The molecule has 0 radical (unpaired) electrons. The van der Waals surface area contributed by atoms with Gasteiger partial charge in [-0.3, -0.25) is 9.59 Å². The second kappa shape index (κ2) is 8.85. The van der Waals surface area contributed by atoms with Gasteiger partial charge < -0.3 is 14.6 Å². The smallest absolute Gasteiger partial charge is 0.277 e. The molecule has 4 rings (SSSR count). The number of fused-ring (bicyclic) bond motifs is 1. The summed E-state index contributed by atoms with van der Waals surface area (Å²) in [6.45, 7) is 0.558. The largest absolute Gasteiger partial charge is 0.414 e. The molecule has 0 saturated carbocycles. The molecule has 1 aliphatic rings. The molecule has 0 atom stereocenters. The minimum atomic E-state index is -0.719. The van der Waals surface area contributed by atoms with Crippen molar-refractivity contribution < 1.29 is 18.4 Å². The van der Waals surface area contributed by atoms with Crippen molar-refractivity contribution in [3.63, 3.8) is 0 Å². The van der Waals surface area contributed by atoms with Crippen molar-refractivity contribution in [2.45, 2.75) is 18.2 Å². The zero-order valence-electron chi connectivity index (χ0n) is 15.6. The molecule has 10 heteroatoms. The molecule has 0 unspecified atom stereocenters. The highest BCUT2D eigenvalue weighted by molar-refractivity contribution is 7.99. The summed E-state index contributed by atoms with van der Waals surface area (Å²) < 4.78 is 19.2. The third-order valence-electron chi connectivity index (χ3n) is 4.55. The number of aromatic nitrogens is 2. The van der Waals surface area contributed by atoms with E-state index in [-0.39, 0.29) is 39.9 Å². The van der Waals surface area contributed by atoms with E-state index in [4.69, 9.17) is 16.0 Å². The molecule has 2 amide bonds. The highest BCUT2D eigenvalue weighted by Gasteiger charge is 2.24. The number of carbonyl (C=O) groups excluding carboxylic acids is 2. The molecule has 2 aromatic carbocycles. The van der Waals surface area contributed by atoms with Crippen molar-refractivity contribution in [2.24, 2.45) is 0 Å². The fraction of sp³-hybridized carbons (Fsp3) is 0.200. The van der Waals surface area contributed by atoms with Crippen LogP contribution >= 0.6 is 23.4 Å². The highest BCUT2D eigenvalue weighted by atomic mass is 35.5. The van der Waals surface area contributed by atoms with E-state index in [0.717, 1.165) is 35.5 Å². The first kappa shape index (κ1) is 20.4. The van der Waals surface area contributed by atoms with Crippen LogP contribution in [0.5, 0.6) is 0 Å². The molecule has 154 valence electrons. The molecule has 3 aromatic rings. The lowest BCUT2D eigenvalue weighted by Gasteiger charge is -2.16. The number of thioether (sulfide) groups is 1. The molecule has 0 aliphatic carbocycles. The summed E-state index contributed by atoms with van der Waals surface area (Å²) in [5.74, 6) is -1.17. The molecule has 0 saturated heterocycles. The van der Waals surface area contributed by atoms with Crippen molar-refractivity contribution in [2.75, 3.05) is 17.2 Å². The van der Waals surface area contributed by atoms with Crippen LogP contribution in [0.2, 0.25) is 5.02 Å². The third-order valence-corrected chi connectivity index (χ3v) is 5.66. The number of halogens is 2. The Kier molecular flexibility index (Phi) is 6.01. The standard InChI is InChI=1S/C20H16ClFN4O3S/c21-13-5-3-6-14(22)18(13)19(28)23-10-16-24-25-20(29-16)30-11-17(27)26-9-8-12-4-1-2-7-15(12)26/h1-7H,8-11H2,(H,23,28). The summed E-state index contributed by atoms with van der Waals surface area (Å²) in [6, 6.07) is 11.8. The summed E-state index contributed by atoms with van der Waals surface area (Å²) in [7, 11) is 0. The van der Waals surface area contributed by atoms with Gasteiger partial charge >= 0.3 is 0 Å². The first-order valence-electron chi connectivity index (χ1n) is 9.08. The number of anilines is 1. The molecule has 0 spiro atoms. The lowest BCUT2D eigenvalue weighted by atomic mass is 10.2. The van der Waals surface area contributed by atoms with Crippen LogP contribution in [0.4, 0.5) is 10.1 Å². The van der Waals surface area contributed by atoms with E-state index in [1.165, 1.54) is 12.1 Å². The van der Waals surface area contributed by atoms with E-state index in [0.29, 0.717) is 6.54 Å². The Morgan fingerprint density at radius 1 is 1.20 bits per heavy atom. The molecule has 0 bridgehead atoms. The van der Waals surface area contributed by atoms with E-state index in [9.17, 15) is 14.0 Å². The maximum atomic E-state index is 13.8. The Balaban J connectivity index is 1.31. The van der Waals surface area contributed by atoms with Crippen LogP contribution in [0.3, 0.4) is 0 Å². The van der Waals surface area contributed by atoms with Gasteiger partial charge in [0.05, 0.1) is 22.9 Å². The summed E-state index contributed by atoms with van der Waals surface area (Å²) in [4.78, 5) is 26.4. The van der Waals surface area contributed by atoms with E-state index in [1.807, 2.05) is 24.3 Å². The molecule has 0 fully saturated rings. The van der Waals surface area contributed by atoms with E-state index < -0.39 is 11.7 Å². The van der Waals surface area contributed by atoms with Gasteiger partial charge in [-0.15, -0.1) is 10.2 Å². The van der Waals surface area contributed by atoms with Gasteiger partial charge in [0, 0.05) is 12.2 Å². The Labute approximate surface area is 180 Å². The number of benzene rings is 2. The number of para-hydroxylation sites is 1. The van der Waals surface area contributed by atoms with Crippen LogP contribution in [0, 0.1) is 5.82 Å². The SMILES string of the molecule is O=C(NCc1nnc(SCC(=O)N2CCc3ccccc32)o1)c1c(F)cccc1Cl. The minimum Gasteiger partial charge on any atom is -0.414 e. The van der Waals surface area contributed by atoms with Crippen molar-refractivity contribution in [1.82, 2.24) is 15.5 Å². The maximum absolute atomic E-state index is 13.8. The first-order valence-corrected chi connectivity index (χ1v) is 10.4. The third kappa shape index (κ3) is 4.31. The van der Waals surface area contributed by atoms with Crippen molar-refractivity contribution >= 4 is 40.9 Å². The number of amides is 2. The zero-order chi connectivity index (χ0) is 21.1. The average Bonchev–Trinajstić information content (AvgIpc) is 3.37. The van der Waals surface area contributed by atoms with Gasteiger partial charge in [-0.05, 0) is 30.2 Å². The predicted molar refractivity (Wildman–Crippen MR) is 110 cm³/mol. The molecule has 30 heavy (non-hydrogen) atoms. The quantitative estimate of drug-likeness (QED) is 0.583. The van der Waals surface area contributed by atoms with Crippen LogP contribution in [0.1, 0.15) is 21.8 Å². The Morgan fingerprint density at radius 2 is 2.03 bits per heavy atom. The van der Waals surface area contributed by atoms with Gasteiger partial charge in [-0.25, -0.2) is 4.39 Å². The van der Waals surface area contributed by atoms with Gasteiger partial charge in [-0.1, -0.05) is 47.6 Å². The monoisotopic (exact) mass is 446 g/mol. The van der Waals surface area contributed by atoms with Gasteiger partial charge in [-0.2, -0.15) is 0 Å². The summed E-state index contributed by atoms with van der Waals surface area (Å²) in [5, 5.41) is 10.4. The van der Waals surface area contributed by atoms with Gasteiger partial charge in [0.15, 0.2) is 0 Å². The van der Waals surface area contributed by atoms with E-state index in [1.54, 1.807) is 4.90 Å². The normalized spacial score (nSPS) is 12.7. The predicted octanol–water partition coefficient (Wildman–Crippen LogP) is 3.47. The lowest BCUT2D eigenvalue weighted by Crippen LogP contribution is -2.30. The summed E-state index contributed by atoms with van der Waals surface area (Å²) in [6.07, 6.45) is 0.836. The molecule has 2 heterocycles. The second-order valence-corrected chi connectivity index (χ2v) is 7.79. The van der Waals surface area contributed by atoms with Gasteiger partial charge in [0.2, 0.25) is 11.8 Å². The topological polar surface area (TPSA) is 88.3 Å². The molecule has 1 N–H and O–H groups in total. The number of nitrogens with one attached hydrogen (secondary N) is 1. The Hall–Kier alpha value is -2.91. The summed E-state index contributed by atoms with van der Waals surface area (Å²) >= 11 is 7.00. The van der Waals surface area contributed by atoms with Crippen molar-refractivity contribution in [3.05, 3.63) is 70.3 Å². The van der Waals surface area contributed by atoms with Gasteiger partial charge in [0.25, 0.3) is 11.1 Å². The molecule has 7 nitrogen and oxygen atoms in total. The Bertz CT molecular complexity index is 1090. The number of hydrogen-bond donors (Lipinski definition) is 1. The molecular formula is C20H16ClFN4O3S. The fourth-order valence-electron chi connectivity index (χ4n) is 3.13. The average molecular weight is 447 g/mol. The first-order chi connectivity index (χ1) is 14.5. The number of rotatable bonds is 6. The van der Waals surface area contributed by atoms with Crippen molar-refractivity contribution in [3.8, 4) is 0 Å². The zero-order valence-corrected chi connectivity index (χ0v) is 17.2. The Morgan fingerprint density at radius 3 is 2.87 bits per heavy atom. The second-order valence-electron chi connectivity index (χ2n) is 6.45. The summed E-state index contributed by atoms with van der Waals surface area (Å²) in [5.41, 5.74) is 1.84. The van der Waals surface area contributed by atoms with E-state index in [2.05, 4.69) is 15.5 Å². The van der Waals surface area contributed by atoms with Gasteiger partial charge in [0.1, 0.15) is 5.82 Å². The van der Waals surface area contributed by atoms with Crippen molar-refractivity contribution in [1.29, 1.82) is 0 Å². The molecule has 1 aromatic heterocycles. The molecular weight excluding hydrogens is 431 g/mol. The fourth-order valence-corrected chi connectivity index (χ4v) is 4.03. The number of carbonyl (C=O) groups is 2. The lowest BCUT2D eigenvalue weighted by molar-refractivity contribution is -0.116. The van der Waals surface area contributed by atoms with E-state index >= 15 is 0 Å². The number of hydrogen-bond acceptors (Lipinski definition) is 6. The van der Waals surface area contributed by atoms with Crippen LogP contribution in [0.25, 0.3) is 0 Å². The number of nitrogens with zero attached hydrogens (tertiary/aromatic N) is 3. The van der Waals surface area contributed by atoms with Crippen LogP contribution in [-0.2, 0) is 17.8 Å². The molecule has 1 aliphatic heterocycles. The van der Waals surface area contributed by atoms with Crippen LogP contribution in [-0.4, -0.2) is 34.3 Å². The highest BCUT2D eigenvalue weighted by Crippen LogP contribution is 2.28. The maximum Gasteiger partial charge on any atom is 0.277 e.